The summed E-state index contributed by atoms with van der Waals surface area (Å²) in [5.41, 5.74) is 2.70. The van der Waals surface area contributed by atoms with Gasteiger partial charge < -0.3 is 15.0 Å². The molecule has 0 bridgehead atoms. The van der Waals surface area contributed by atoms with Gasteiger partial charge in [-0.1, -0.05) is 47.1 Å². The first-order valence-corrected chi connectivity index (χ1v) is 10.3. The Balaban J connectivity index is 1.84. The lowest BCUT2D eigenvalue weighted by Gasteiger charge is -2.05. The molecule has 0 saturated carbocycles. The van der Waals surface area contributed by atoms with Crippen LogP contribution in [0.25, 0.3) is 22.6 Å². The number of nitrogens with zero attached hydrogens (tertiary/aromatic N) is 1. The summed E-state index contributed by atoms with van der Waals surface area (Å²) >= 11 is 13.4. The monoisotopic (exact) mass is 435 g/mol. The number of nitrogens with one attached hydrogen (secondary N) is 2. The van der Waals surface area contributed by atoms with Crippen LogP contribution in [-0.4, -0.2) is 41.9 Å². The van der Waals surface area contributed by atoms with E-state index in [4.69, 9.17) is 32.9 Å². The van der Waals surface area contributed by atoms with Gasteiger partial charge in [0, 0.05) is 34.8 Å². The van der Waals surface area contributed by atoms with Crippen molar-refractivity contribution < 1.29 is 9.53 Å². The molecule has 0 aliphatic heterocycles. The number of methoxy groups -OCH3 is 1. The maximum Gasteiger partial charge on any atom is 0.230 e. The smallest absolute Gasteiger partial charge is 0.230 e. The van der Waals surface area contributed by atoms with Crippen LogP contribution in [0, 0.1) is 0 Å². The zero-order valence-electron chi connectivity index (χ0n) is 15.2. The van der Waals surface area contributed by atoms with E-state index < -0.39 is 0 Å². The fourth-order valence-corrected chi connectivity index (χ4v) is 3.59. The summed E-state index contributed by atoms with van der Waals surface area (Å²) in [5, 5.41) is 4.88. The largest absolute Gasteiger partial charge is 0.383 e. The molecular weight excluding hydrogens is 417 g/mol. The van der Waals surface area contributed by atoms with Crippen LogP contribution in [0.4, 0.5) is 0 Å². The van der Waals surface area contributed by atoms with Gasteiger partial charge in [0.15, 0.2) is 0 Å². The number of halogens is 2. The Kier molecular flexibility index (Phi) is 7.39. The van der Waals surface area contributed by atoms with Crippen LogP contribution in [0.3, 0.4) is 0 Å². The number of aromatic nitrogens is 2. The van der Waals surface area contributed by atoms with Gasteiger partial charge in [0.05, 0.1) is 18.1 Å². The number of amides is 1. The Morgan fingerprint density at radius 2 is 1.68 bits per heavy atom. The average molecular weight is 436 g/mol. The second-order valence-corrected chi connectivity index (χ2v) is 7.75. The van der Waals surface area contributed by atoms with Gasteiger partial charge in [0.25, 0.3) is 0 Å². The predicted octanol–water partition coefficient (Wildman–Crippen LogP) is 4.91. The van der Waals surface area contributed by atoms with Crippen molar-refractivity contribution in [3.63, 3.8) is 0 Å². The normalized spacial score (nSPS) is 10.8. The SMILES string of the molecule is COCCNC(=O)CSc1nc(-c2ccc(Cl)cc2)[nH]c1-c1ccc(Cl)cc1. The molecule has 1 aromatic heterocycles. The molecule has 0 aliphatic rings. The van der Waals surface area contributed by atoms with E-state index >= 15 is 0 Å². The van der Waals surface area contributed by atoms with Crippen LogP contribution in [-0.2, 0) is 9.53 Å². The van der Waals surface area contributed by atoms with Crippen LogP contribution < -0.4 is 5.32 Å². The van der Waals surface area contributed by atoms with Crippen LogP contribution >= 0.6 is 35.0 Å². The van der Waals surface area contributed by atoms with Crippen molar-refractivity contribution in [1.29, 1.82) is 0 Å². The van der Waals surface area contributed by atoms with E-state index in [-0.39, 0.29) is 11.7 Å². The summed E-state index contributed by atoms with van der Waals surface area (Å²) in [5.74, 6) is 0.902. The van der Waals surface area contributed by atoms with Gasteiger partial charge in [-0.3, -0.25) is 4.79 Å². The number of hydrogen-bond acceptors (Lipinski definition) is 4. The second-order valence-electron chi connectivity index (χ2n) is 5.91. The fourth-order valence-electron chi connectivity index (χ4n) is 2.50. The molecule has 2 aromatic carbocycles. The minimum absolute atomic E-state index is 0.0693. The Morgan fingerprint density at radius 3 is 2.29 bits per heavy atom. The molecule has 146 valence electrons. The minimum atomic E-state index is -0.0693. The molecule has 5 nitrogen and oxygen atoms in total. The molecule has 0 fully saturated rings. The average Bonchev–Trinajstić information content (AvgIpc) is 3.12. The molecule has 1 amide bonds. The van der Waals surface area contributed by atoms with Gasteiger partial charge in [-0.2, -0.15) is 0 Å². The van der Waals surface area contributed by atoms with E-state index in [9.17, 15) is 4.79 Å². The van der Waals surface area contributed by atoms with Crippen LogP contribution in [0.5, 0.6) is 0 Å². The van der Waals surface area contributed by atoms with Crippen LogP contribution in [0.2, 0.25) is 10.0 Å². The Labute approximate surface area is 177 Å². The maximum atomic E-state index is 12.0. The van der Waals surface area contributed by atoms with Crippen molar-refractivity contribution >= 4 is 40.9 Å². The number of benzene rings is 2. The van der Waals surface area contributed by atoms with E-state index in [2.05, 4.69) is 10.3 Å². The topological polar surface area (TPSA) is 67.0 Å². The summed E-state index contributed by atoms with van der Waals surface area (Å²) in [4.78, 5) is 20.1. The molecule has 1 heterocycles. The third-order valence-corrected chi connectivity index (χ3v) is 5.37. The van der Waals surface area contributed by atoms with Crippen molar-refractivity contribution in [3.8, 4) is 22.6 Å². The lowest BCUT2D eigenvalue weighted by atomic mass is 10.2. The fraction of sp³-hybridized carbons (Fsp3) is 0.200. The number of ether oxygens (including phenoxy) is 1. The van der Waals surface area contributed by atoms with Crippen LogP contribution in [0.1, 0.15) is 0 Å². The van der Waals surface area contributed by atoms with E-state index in [0.29, 0.717) is 29.0 Å². The van der Waals surface area contributed by atoms with Crippen molar-refractivity contribution in [2.45, 2.75) is 5.03 Å². The second kappa shape index (κ2) is 9.98. The highest BCUT2D eigenvalue weighted by Gasteiger charge is 2.15. The van der Waals surface area contributed by atoms with E-state index in [1.807, 2.05) is 48.5 Å². The predicted molar refractivity (Wildman–Crippen MR) is 115 cm³/mol. The molecule has 0 radical (unpaired) electrons. The Morgan fingerprint density at radius 1 is 1.07 bits per heavy atom. The summed E-state index contributed by atoms with van der Waals surface area (Å²) in [6, 6.07) is 14.9. The molecule has 28 heavy (non-hydrogen) atoms. The highest BCUT2D eigenvalue weighted by atomic mass is 35.5. The van der Waals surface area contributed by atoms with Gasteiger partial charge in [-0.05, 0) is 36.4 Å². The molecule has 0 unspecified atom stereocenters. The Bertz CT molecular complexity index is 928. The summed E-state index contributed by atoms with van der Waals surface area (Å²) in [6.45, 7) is 0.964. The van der Waals surface area contributed by atoms with Gasteiger partial charge in [0.2, 0.25) is 5.91 Å². The van der Waals surface area contributed by atoms with E-state index in [1.54, 1.807) is 7.11 Å². The molecule has 3 rings (SSSR count). The van der Waals surface area contributed by atoms with Crippen molar-refractivity contribution in [2.24, 2.45) is 0 Å². The number of H-pyrrole nitrogens is 1. The first kappa shape index (κ1) is 20.7. The van der Waals surface area contributed by atoms with Crippen molar-refractivity contribution in [3.05, 3.63) is 58.6 Å². The summed E-state index contributed by atoms with van der Waals surface area (Å²) in [6.07, 6.45) is 0. The first-order valence-electron chi connectivity index (χ1n) is 8.57. The Hall–Kier alpha value is -1.99. The maximum absolute atomic E-state index is 12.0. The molecular formula is C20H19Cl2N3O2S. The molecule has 0 aliphatic carbocycles. The zero-order chi connectivity index (χ0) is 19.9. The summed E-state index contributed by atoms with van der Waals surface area (Å²) < 4.78 is 4.94. The number of carbonyl (C=O) groups excluding carboxylic acids is 1. The van der Waals surface area contributed by atoms with Gasteiger partial charge in [0.1, 0.15) is 10.9 Å². The standard InChI is InChI=1S/C20H19Cl2N3O2S/c1-27-11-10-23-17(26)12-28-20-18(13-2-6-15(21)7-3-13)24-19(25-20)14-4-8-16(22)9-5-14/h2-9H,10-12H2,1H3,(H,23,26)(H,24,25). The molecule has 2 N–H and O–H groups in total. The molecule has 8 heteroatoms. The quantitative estimate of drug-likeness (QED) is 0.389. The number of carbonyl (C=O) groups is 1. The number of hydrogen-bond donors (Lipinski definition) is 2. The number of rotatable bonds is 8. The third-order valence-electron chi connectivity index (χ3n) is 3.89. The van der Waals surface area contributed by atoms with E-state index in [0.717, 1.165) is 21.8 Å². The van der Waals surface area contributed by atoms with Crippen LogP contribution in [0.15, 0.2) is 53.6 Å². The number of thioether (sulfide) groups is 1. The molecule has 0 atom stereocenters. The lowest BCUT2D eigenvalue weighted by molar-refractivity contribution is -0.118. The lowest BCUT2D eigenvalue weighted by Crippen LogP contribution is -2.28. The third kappa shape index (κ3) is 5.52. The molecule has 0 saturated heterocycles. The van der Waals surface area contributed by atoms with Crippen molar-refractivity contribution in [1.82, 2.24) is 15.3 Å². The highest BCUT2D eigenvalue weighted by Crippen LogP contribution is 2.33. The molecule has 0 spiro atoms. The zero-order valence-corrected chi connectivity index (χ0v) is 17.5. The van der Waals surface area contributed by atoms with Gasteiger partial charge in [-0.15, -0.1) is 0 Å². The van der Waals surface area contributed by atoms with Gasteiger partial charge in [-0.25, -0.2) is 4.98 Å². The highest BCUT2D eigenvalue weighted by molar-refractivity contribution is 8.00. The summed E-state index contributed by atoms with van der Waals surface area (Å²) in [7, 11) is 1.60. The minimum Gasteiger partial charge on any atom is -0.383 e. The van der Waals surface area contributed by atoms with E-state index in [1.165, 1.54) is 11.8 Å². The number of aromatic amines is 1. The van der Waals surface area contributed by atoms with Crippen molar-refractivity contribution in [2.75, 3.05) is 26.0 Å². The first-order chi connectivity index (χ1) is 13.6. The van der Waals surface area contributed by atoms with Gasteiger partial charge >= 0.3 is 0 Å². The molecule has 3 aromatic rings. The number of imidazole rings is 1.